The Hall–Kier alpha value is -1.48. The van der Waals surface area contributed by atoms with E-state index in [1.165, 1.54) is 17.9 Å². The van der Waals surface area contributed by atoms with E-state index in [1.54, 1.807) is 6.92 Å². The Morgan fingerprint density at radius 3 is 2.70 bits per heavy atom. The molecule has 0 amide bonds. The van der Waals surface area contributed by atoms with Gasteiger partial charge in [0.1, 0.15) is 12.3 Å². The van der Waals surface area contributed by atoms with E-state index in [-0.39, 0.29) is 31.2 Å². The highest BCUT2D eigenvalue weighted by Gasteiger charge is 2.35. The molecule has 1 aromatic rings. The van der Waals surface area contributed by atoms with E-state index < -0.39 is 24.1 Å². The summed E-state index contributed by atoms with van der Waals surface area (Å²) >= 11 is 0. The molecule has 1 saturated heterocycles. The molecule has 2 N–H and O–H groups in total. The van der Waals surface area contributed by atoms with Crippen molar-refractivity contribution in [1.82, 2.24) is 9.13 Å². The van der Waals surface area contributed by atoms with Crippen molar-refractivity contribution in [2.75, 3.05) is 13.7 Å². The summed E-state index contributed by atoms with van der Waals surface area (Å²) in [4.78, 5) is 24.9. The molecule has 0 aromatic carbocycles. The Morgan fingerprint density at radius 1 is 1.48 bits per heavy atom. The normalized spacial score (nSPS) is 25.7. The molecule has 2 rings (SSSR count). The van der Waals surface area contributed by atoms with Gasteiger partial charge in [0.05, 0.1) is 25.4 Å². The third-order valence-electron chi connectivity index (χ3n) is 4.24. The molecule has 8 nitrogen and oxygen atoms in total. The summed E-state index contributed by atoms with van der Waals surface area (Å²) in [6.07, 6.45) is -0.230. The fourth-order valence-electron chi connectivity index (χ4n) is 2.75. The van der Waals surface area contributed by atoms with Crippen LogP contribution in [0.4, 0.5) is 0 Å². The van der Waals surface area contributed by atoms with Crippen molar-refractivity contribution in [2.24, 2.45) is 0 Å². The van der Waals surface area contributed by atoms with Gasteiger partial charge in [0.2, 0.25) is 0 Å². The van der Waals surface area contributed by atoms with Crippen molar-refractivity contribution in [3.63, 3.8) is 0 Å². The summed E-state index contributed by atoms with van der Waals surface area (Å²) in [5, 5.41) is 19.0. The van der Waals surface area contributed by atoms with E-state index in [0.717, 1.165) is 4.57 Å². The molecular formula is C15H24N2O6. The van der Waals surface area contributed by atoms with E-state index in [4.69, 9.17) is 14.6 Å². The minimum Gasteiger partial charge on any atom is -0.394 e. The van der Waals surface area contributed by atoms with Crippen molar-refractivity contribution < 1.29 is 19.7 Å². The fourth-order valence-corrected chi connectivity index (χ4v) is 2.75. The molecule has 23 heavy (non-hydrogen) atoms. The van der Waals surface area contributed by atoms with Crippen LogP contribution in [0.2, 0.25) is 0 Å². The van der Waals surface area contributed by atoms with Crippen LogP contribution >= 0.6 is 0 Å². The standard InChI is InChI=1S/C15H24N2O6/c1-4-10(22-3)7-17-14(20)9(2)6-16(15(17)21)13-5-11(19)12(8-18)23-13/h6,10-13,18-19H,4-5,7-8H2,1-3H3/t10?,11?,12-,13-/m1/s1. The quantitative estimate of drug-likeness (QED) is 0.722. The predicted octanol–water partition coefficient (Wildman–Crippen LogP) is -0.616. The molecular weight excluding hydrogens is 304 g/mol. The highest BCUT2D eigenvalue weighted by molar-refractivity contribution is 5.04. The largest absolute Gasteiger partial charge is 0.394 e. The zero-order valence-corrected chi connectivity index (χ0v) is 13.6. The van der Waals surface area contributed by atoms with Gasteiger partial charge in [-0.15, -0.1) is 0 Å². The van der Waals surface area contributed by atoms with Crippen LogP contribution in [0.1, 0.15) is 31.6 Å². The van der Waals surface area contributed by atoms with Crippen LogP contribution in [-0.4, -0.2) is 51.4 Å². The molecule has 0 spiro atoms. The minimum absolute atomic E-state index is 0.158. The van der Waals surface area contributed by atoms with Crippen LogP contribution in [0.5, 0.6) is 0 Å². The Balaban J connectivity index is 2.41. The summed E-state index contributed by atoms with van der Waals surface area (Å²) in [5.74, 6) is 0. The first-order valence-corrected chi connectivity index (χ1v) is 7.72. The third-order valence-corrected chi connectivity index (χ3v) is 4.24. The monoisotopic (exact) mass is 328 g/mol. The van der Waals surface area contributed by atoms with Crippen LogP contribution in [-0.2, 0) is 16.0 Å². The van der Waals surface area contributed by atoms with Crippen LogP contribution < -0.4 is 11.2 Å². The lowest BCUT2D eigenvalue weighted by Gasteiger charge is -2.19. The van der Waals surface area contributed by atoms with Crippen molar-refractivity contribution >= 4 is 0 Å². The smallest absolute Gasteiger partial charge is 0.333 e. The second-order valence-corrected chi connectivity index (χ2v) is 5.80. The van der Waals surface area contributed by atoms with Crippen molar-refractivity contribution in [1.29, 1.82) is 0 Å². The molecule has 0 saturated carbocycles. The zero-order chi connectivity index (χ0) is 17.1. The number of nitrogens with zero attached hydrogens (tertiary/aromatic N) is 2. The SMILES string of the molecule is CCC(Cn1c(=O)c(C)cn([C@H]2CC(O)[C@@H](CO)O2)c1=O)OC. The summed E-state index contributed by atoms with van der Waals surface area (Å²) in [5.41, 5.74) is -0.466. The van der Waals surface area contributed by atoms with Crippen LogP contribution in [0.15, 0.2) is 15.8 Å². The second kappa shape index (κ2) is 7.39. The Kier molecular flexibility index (Phi) is 5.74. The molecule has 8 heteroatoms. The first-order valence-electron chi connectivity index (χ1n) is 7.72. The first-order chi connectivity index (χ1) is 10.9. The van der Waals surface area contributed by atoms with Crippen molar-refractivity contribution in [3.8, 4) is 0 Å². The molecule has 2 unspecified atom stereocenters. The number of hydrogen-bond acceptors (Lipinski definition) is 6. The van der Waals surface area contributed by atoms with Crippen molar-refractivity contribution in [3.05, 3.63) is 32.6 Å². The van der Waals surface area contributed by atoms with Gasteiger partial charge in [-0.2, -0.15) is 0 Å². The number of rotatable bonds is 6. The second-order valence-electron chi connectivity index (χ2n) is 5.80. The molecule has 130 valence electrons. The average Bonchev–Trinajstić information content (AvgIpc) is 2.92. The van der Waals surface area contributed by atoms with Gasteiger partial charge in [-0.1, -0.05) is 6.92 Å². The van der Waals surface area contributed by atoms with Gasteiger partial charge in [0.15, 0.2) is 0 Å². The minimum atomic E-state index is -0.847. The van der Waals surface area contributed by atoms with Gasteiger partial charge in [0, 0.05) is 25.3 Å². The number of aryl methyl sites for hydroxylation is 1. The number of methoxy groups -OCH3 is 1. The van der Waals surface area contributed by atoms with Gasteiger partial charge < -0.3 is 19.7 Å². The summed E-state index contributed by atoms with van der Waals surface area (Å²) < 4.78 is 13.2. The Labute approximate surface area is 133 Å². The Morgan fingerprint density at radius 2 is 2.17 bits per heavy atom. The molecule has 0 radical (unpaired) electrons. The molecule has 0 bridgehead atoms. The maximum absolute atomic E-state index is 12.6. The molecule has 4 atom stereocenters. The highest BCUT2D eigenvalue weighted by Crippen LogP contribution is 2.27. The van der Waals surface area contributed by atoms with Crippen LogP contribution in [0.3, 0.4) is 0 Å². The third kappa shape index (κ3) is 3.55. The van der Waals surface area contributed by atoms with E-state index in [1.807, 2.05) is 6.92 Å². The summed E-state index contributed by atoms with van der Waals surface area (Å²) in [6.45, 7) is 3.37. The number of aliphatic hydroxyl groups excluding tert-OH is 2. The molecule has 0 aliphatic carbocycles. The van der Waals surface area contributed by atoms with E-state index in [9.17, 15) is 14.7 Å². The van der Waals surface area contributed by atoms with E-state index in [0.29, 0.717) is 12.0 Å². The number of aromatic nitrogens is 2. The average molecular weight is 328 g/mol. The van der Waals surface area contributed by atoms with E-state index >= 15 is 0 Å². The van der Waals surface area contributed by atoms with Crippen LogP contribution in [0, 0.1) is 6.92 Å². The number of hydrogen-bond donors (Lipinski definition) is 2. The van der Waals surface area contributed by atoms with Gasteiger partial charge in [-0.25, -0.2) is 4.79 Å². The molecule has 2 heterocycles. The first kappa shape index (κ1) is 17.9. The molecule has 1 aliphatic rings. The van der Waals surface area contributed by atoms with Gasteiger partial charge in [0.25, 0.3) is 5.56 Å². The maximum Gasteiger partial charge on any atom is 0.333 e. The molecule has 1 aromatic heterocycles. The lowest BCUT2D eigenvalue weighted by atomic mass is 10.2. The topological polar surface area (TPSA) is 103 Å². The maximum atomic E-state index is 12.6. The Bertz CT molecular complexity index is 648. The van der Waals surface area contributed by atoms with Crippen molar-refractivity contribution in [2.45, 2.75) is 57.8 Å². The predicted molar refractivity (Wildman–Crippen MR) is 82.4 cm³/mol. The fraction of sp³-hybridized carbons (Fsp3) is 0.733. The van der Waals surface area contributed by atoms with Gasteiger partial charge in [-0.05, 0) is 13.3 Å². The van der Waals surface area contributed by atoms with Crippen LogP contribution in [0.25, 0.3) is 0 Å². The van der Waals surface area contributed by atoms with E-state index in [2.05, 4.69) is 0 Å². The molecule has 1 aliphatic heterocycles. The number of ether oxygens (including phenoxy) is 2. The summed E-state index contributed by atoms with van der Waals surface area (Å²) in [6, 6.07) is 0. The number of aliphatic hydroxyl groups is 2. The van der Waals surface area contributed by atoms with Gasteiger partial charge in [-0.3, -0.25) is 13.9 Å². The lowest BCUT2D eigenvalue weighted by molar-refractivity contribution is -0.0466. The highest BCUT2D eigenvalue weighted by atomic mass is 16.5. The van der Waals surface area contributed by atoms with Gasteiger partial charge >= 0.3 is 5.69 Å². The molecule has 1 fully saturated rings. The summed E-state index contributed by atoms with van der Waals surface area (Å²) in [7, 11) is 1.54. The zero-order valence-electron chi connectivity index (χ0n) is 13.6. The lowest BCUT2D eigenvalue weighted by Crippen LogP contribution is -2.44.